The van der Waals surface area contributed by atoms with Crippen LogP contribution in [-0.2, 0) is 6.54 Å². The number of fused-ring (bicyclic) bond motifs is 7. The Bertz CT molecular complexity index is 1020. The molecule has 0 saturated carbocycles. The molecule has 2 aliphatic rings. The number of benzene rings is 3. The maximum Gasteiger partial charge on any atom is 0.161 e. The maximum atomic E-state index is 11.2. The van der Waals surface area contributed by atoms with E-state index in [1.807, 2.05) is 0 Å². The third-order valence-electron chi connectivity index (χ3n) is 6.12. The Balaban J connectivity index is 0.00000180. The lowest BCUT2D eigenvalue weighted by atomic mass is 9.83. The quantitative estimate of drug-likeness (QED) is 0.662. The molecule has 1 N–H and O–H groups in total. The summed E-state index contributed by atoms with van der Waals surface area (Å²) in [6, 6.07) is 12.8. The van der Waals surface area contributed by atoms with Gasteiger partial charge in [-0.1, -0.05) is 24.3 Å². The van der Waals surface area contributed by atoms with Crippen molar-refractivity contribution in [1.29, 1.82) is 0 Å². The standard InChI is InChI=1S/C22H23NO3.ClH/c1-25-19-10-15-13-6-3-4-7-14(13)21-17(16(15)11-20(19)26-2)12-23-9-5-8-18(23)22(21)24;/h3-4,6-7,10-11,18,22,24H,5,8-9,12H2,1-2H3;1H/t18-,22+;/m0./s1. The summed E-state index contributed by atoms with van der Waals surface area (Å²) < 4.78 is 11.1. The van der Waals surface area contributed by atoms with Gasteiger partial charge in [-0.25, -0.2) is 0 Å². The number of hydrogen-bond donors (Lipinski definition) is 1. The van der Waals surface area contributed by atoms with Crippen molar-refractivity contribution in [3.8, 4) is 11.5 Å². The van der Waals surface area contributed by atoms with E-state index in [2.05, 4.69) is 41.3 Å². The molecule has 2 atom stereocenters. The van der Waals surface area contributed by atoms with Gasteiger partial charge in [-0.15, -0.1) is 12.4 Å². The van der Waals surface area contributed by atoms with Crippen LogP contribution < -0.4 is 9.47 Å². The molecular formula is C22H24ClNO3. The van der Waals surface area contributed by atoms with E-state index >= 15 is 0 Å². The highest BCUT2D eigenvalue weighted by Crippen LogP contribution is 2.46. The van der Waals surface area contributed by atoms with Crippen molar-refractivity contribution in [2.24, 2.45) is 0 Å². The van der Waals surface area contributed by atoms with Crippen LogP contribution >= 0.6 is 12.4 Å². The Morgan fingerprint density at radius 1 is 0.963 bits per heavy atom. The van der Waals surface area contributed by atoms with E-state index in [0.717, 1.165) is 64.5 Å². The molecule has 0 bridgehead atoms. The summed E-state index contributed by atoms with van der Waals surface area (Å²) in [5, 5.41) is 15.8. The highest BCUT2D eigenvalue weighted by Gasteiger charge is 2.38. The van der Waals surface area contributed by atoms with Gasteiger partial charge in [0, 0.05) is 12.6 Å². The maximum absolute atomic E-state index is 11.2. The summed E-state index contributed by atoms with van der Waals surface area (Å²) in [5.41, 5.74) is 2.33. The minimum Gasteiger partial charge on any atom is -0.493 e. The molecule has 1 fully saturated rings. The van der Waals surface area contributed by atoms with Gasteiger partial charge in [0.05, 0.1) is 20.3 Å². The van der Waals surface area contributed by atoms with Gasteiger partial charge in [0.2, 0.25) is 0 Å². The molecule has 3 aromatic carbocycles. The number of aliphatic hydroxyl groups excluding tert-OH is 1. The van der Waals surface area contributed by atoms with Gasteiger partial charge < -0.3 is 14.6 Å². The number of rotatable bonds is 2. The molecule has 0 amide bonds. The Labute approximate surface area is 165 Å². The molecule has 5 rings (SSSR count). The third kappa shape index (κ3) is 2.59. The predicted molar refractivity (Wildman–Crippen MR) is 110 cm³/mol. The first-order chi connectivity index (χ1) is 12.7. The lowest BCUT2D eigenvalue weighted by Crippen LogP contribution is -2.39. The van der Waals surface area contributed by atoms with E-state index in [0.29, 0.717) is 0 Å². The Morgan fingerprint density at radius 3 is 2.33 bits per heavy atom. The third-order valence-corrected chi connectivity index (χ3v) is 6.12. The first-order valence-corrected chi connectivity index (χ1v) is 9.24. The van der Waals surface area contributed by atoms with Crippen LogP contribution in [0.2, 0.25) is 0 Å². The first kappa shape index (κ1) is 18.4. The van der Waals surface area contributed by atoms with Crippen LogP contribution in [0.5, 0.6) is 11.5 Å². The van der Waals surface area contributed by atoms with Crippen LogP contribution in [0, 0.1) is 0 Å². The molecule has 4 nitrogen and oxygen atoms in total. The number of aliphatic hydroxyl groups is 1. The molecular weight excluding hydrogens is 362 g/mol. The van der Waals surface area contributed by atoms with E-state index in [-0.39, 0.29) is 18.4 Å². The lowest BCUT2D eigenvalue weighted by molar-refractivity contribution is 0.0552. The van der Waals surface area contributed by atoms with Crippen molar-refractivity contribution >= 4 is 34.0 Å². The van der Waals surface area contributed by atoms with E-state index in [1.165, 1.54) is 5.56 Å². The molecule has 2 heterocycles. The van der Waals surface area contributed by atoms with Crippen LogP contribution in [0.25, 0.3) is 21.5 Å². The van der Waals surface area contributed by atoms with E-state index in [4.69, 9.17) is 9.47 Å². The van der Waals surface area contributed by atoms with Crippen LogP contribution in [-0.4, -0.2) is 36.8 Å². The van der Waals surface area contributed by atoms with Crippen molar-refractivity contribution in [2.75, 3.05) is 20.8 Å². The van der Waals surface area contributed by atoms with Gasteiger partial charge >= 0.3 is 0 Å². The Morgan fingerprint density at radius 2 is 1.63 bits per heavy atom. The summed E-state index contributed by atoms with van der Waals surface area (Å²) in [5.74, 6) is 1.47. The van der Waals surface area contributed by atoms with Gasteiger partial charge in [-0.05, 0) is 64.2 Å². The van der Waals surface area contributed by atoms with Gasteiger partial charge in [0.25, 0.3) is 0 Å². The smallest absolute Gasteiger partial charge is 0.161 e. The zero-order chi connectivity index (χ0) is 17.8. The van der Waals surface area contributed by atoms with Crippen molar-refractivity contribution in [1.82, 2.24) is 4.90 Å². The number of hydrogen-bond acceptors (Lipinski definition) is 4. The molecule has 0 unspecified atom stereocenters. The normalized spacial score (nSPS) is 21.6. The van der Waals surface area contributed by atoms with Crippen LogP contribution in [0.1, 0.15) is 30.1 Å². The zero-order valence-electron chi connectivity index (χ0n) is 15.6. The number of halogens is 1. The molecule has 0 aliphatic carbocycles. The van der Waals surface area contributed by atoms with Gasteiger partial charge in [0.1, 0.15) is 0 Å². The summed E-state index contributed by atoms with van der Waals surface area (Å²) in [6.07, 6.45) is 1.78. The van der Waals surface area contributed by atoms with Gasteiger partial charge in [-0.2, -0.15) is 0 Å². The van der Waals surface area contributed by atoms with Gasteiger partial charge in [0.15, 0.2) is 11.5 Å². The molecule has 2 aliphatic heterocycles. The number of methoxy groups -OCH3 is 2. The first-order valence-electron chi connectivity index (χ1n) is 9.24. The summed E-state index contributed by atoms with van der Waals surface area (Å²) in [7, 11) is 3.34. The summed E-state index contributed by atoms with van der Waals surface area (Å²) in [4.78, 5) is 2.43. The topological polar surface area (TPSA) is 41.9 Å². The number of ether oxygens (including phenoxy) is 2. The predicted octanol–water partition coefficient (Wildman–Crippen LogP) is 4.44. The van der Waals surface area contributed by atoms with Crippen LogP contribution in [0.15, 0.2) is 36.4 Å². The van der Waals surface area contributed by atoms with Crippen molar-refractivity contribution in [2.45, 2.75) is 31.5 Å². The minimum absolute atomic E-state index is 0. The molecule has 0 aromatic heterocycles. The highest BCUT2D eigenvalue weighted by atomic mass is 35.5. The second-order valence-corrected chi connectivity index (χ2v) is 7.32. The fraction of sp³-hybridized carbons (Fsp3) is 0.364. The van der Waals surface area contributed by atoms with Crippen molar-refractivity contribution in [3.05, 3.63) is 47.5 Å². The summed E-state index contributed by atoms with van der Waals surface area (Å²) in [6.45, 7) is 1.94. The second kappa shape index (κ2) is 6.86. The number of nitrogens with zero attached hydrogens (tertiary/aromatic N) is 1. The van der Waals surface area contributed by atoms with Crippen molar-refractivity contribution in [3.63, 3.8) is 0 Å². The zero-order valence-corrected chi connectivity index (χ0v) is 16.4. The molecule has 3 aromatic rings. The Kier molecular flexibility index (Phi) is 4.66. The average molecular weight is 386 g/mol. The summed E-state index contributed by atoms with van der Waals surface area (Å²) >= 11 is 0. The fourth-order valence-corrected chi connectivity index (χ4v) is 4.92. The minimum atomic E-state index is -0.441. The average Bonchev–Trinajstić information content (AvgIpc) is 3.16. The molecule has 142 valence electrons. The van der Waals surface area contributed by atoms with E-state index in [9.17, 15) is 5.11 Å². The fourth-order valence-electron chi connectivity index (χ4n) is 4.92. The van der Waals surface area contributed by atoms with E-state index < -0.39 is 6.10 Å². The monoisotopic (exact) mass is 385 g/mol. The SMILES string of the molecule is COc1cc2c3c(c4ccccc4c2cc1OC)[C@H](O)[C@@H]1CCCN1C3.Cl. The highest BCUT2D eigenvalue weighted by molar-refractivity contribution is 6.12. The second-order valence-electron chi connectivity index (χ2n) is 7.32. The molecule has 5 heteroatoms. The van der Waals surface area contributed by atoms with Crippen LogP contribution in [0.4, 0.5) is 0 Å². The molecule has 0 spiro atoms. The van der Waals surface area contributed by atoms with Crippen molar-refractivity contribution < 1.29 is 14.6 Å². The molecule has 1 saturated heterocycles. The van der Waals surface area contributed by atoms with E-state index in [1.54, 1.807) is 14.2 Å². The Hall–Kier alpha value is -2.01. The molecule has 27 heavy (non-hydrogen) atoms. The largest absolute Gasteiger partial charge is 0.493 e. The lowest BCUT2D eigenvalue weighted by Gasteiger charge is -2.37. The van der Waals surface area contributed by atoms with Crippen LogP contribution in [0.3, 0.4) is 0 Å². The molecule has 0 radical (unpaired) electrons. The van der Waals surface area contributed by atoms with Gasteiger partial charge in [-0.3, -0.25) is 4.90 Å².